The van der Waals surface area contributed by atoms with Gasteiger partial charge < -0.3 is 10.6 Å². The van der Waals surface area contributed by atoms with Crippen molar-refractivity contribution in [3.8, 4) is 0 Å². The molecule has 2 atom stereocenters. The third-order valence-corrected chi connectivity index (χ3v) is 3.63. The lowest BCUT2D eigenvalue weighted by atomic mass is 10.1. The Balaban J connectivity index is 2.61. The lowest BCUT2D eigenvalue weighted by molar-refractivity contribution is -0.128. The van der Waals surface area contributed by atoms with Crippen molar-refractivity contribution in [3.05, 3.63) is 0 Å². The van der Waals surface area contributed by atoms with Gasteiger partial charge in [0.1, 0.15) is 0 Å². The van der Waals surface area contributed by atoms with Crippen LogP contribution in [0.25, 0.3) is 0 Å². The van der Waals surface area contributed by atoms with Gasteiger partial charge >= 0.3 is 0 Å². The molecule has 4 nitrogen and oxygen atoms in total. The van der Waals surface area contributed by atoms with E-state index in [-0.39, 0.29) is 17.5 Å². The predicted octanol–water partition coefficient (Wildman–Crippen LogP) is 1.75. The summed E-state index contributed by atoms with van der Waals surface area (Å²) >= 11 is 0. The number of rotatable bonds is 5. The SMILES string of the molecule is CC(C)N(CC1CCCN1)C(C)C(=O)NC(C)(C)C. The molecule has 2 unspecified atom stereocenters. The smallest absolute Gasteiger partial charge is 0.237 e. The molecule has 1 amide bonds. The Morgan fingerprint density at radius 3 is 2.42 bits per heavy atom. The molecular formula is C15H31N3O. The molecule has 0 aromatic carbocycles. The molecule has 1 saturated heterocycles. The van der Waals surface area contributed by atoms with Gasteiger partial charge in [-0.15, -0.1) is 0 Å². The molecule has 0 bridgehead atoms. The molecule has 0 radical (unpaired) electrons. The summed E-state index contributed by atoms with van der Waals surface area (Å²) < 4.78 is 0. The van der Waals surface area contributed by atoms with E-state index in [1.165, 1.54) is 12.8 Å². The van der Waals surface area contributed by atoms with Gasteiger partial charge in [0.2, 0.25) is 5.91 Å². The summed E-state index contributed by atoms with van der Waals surface area (Å²) in [4.78, 5) is 14.6. The van der Waals surface area contributed by atoms with Gasteiger partial charge in [-0.25, -0.2) is 0 Å². The quantitative estimate of drug-likeness (QED) is 0.799. The van der Waals surface area contributed by atoms with Gasteiger partial charge in [0, 0.05) is 24.2 Å². The lowest BCUT2D eigenvalue weighted by Crippen LogP contribution is -2.55. The highest BCUT2D eigenvalue weighted by atomic mass is 16.2. The molecule has 112 valence electrons. The molecule has 1 aliphatic rings. The Bertz CT molecular complexity index is 290. The summed E-state index contributed by atoms with van der Waals surface area (Å²) in [6.07, 6.45) is 2.47. The minimum Gasteiger partial charge on any atom is -0.350 e. The fraction of sp³-hybridized carbons (Fsp3) is 0.933. The van der Waals surface area contributed by atoms with Crippen LogP contribution in [0.3, 0.4) is 0 Å². The summed E-state index contributed by atoms with van der Waals surface area (Å²) in [5, 5.41) is 6.59. The van der Waals surface area contributed by atoms with Gasteiger partial charge in [-0.1, -0.05) is 0 Å². The van der Waals surface area contributed by atoms with Crippen molar-refractivity contribution in [2.24, 2.45) is 0 Å². The first kappa shape index (κ1) is 16.4. The van der Waals surface area contributed by atoms with Crippen LogP contribution in [0.4, 0.5) is 0 Å². The van der Waals surface area contributed by atoms with Crippen molar-refractivity contribution in [2.45, 2.75) is 78.0 Å². The zero-order valence-corrected chi connectivity index (χ0v) is 13.4. The number of carbonyl (C=O) groups excluding carboxylic acids is 1. The molecule has 0 saturated carbocycles. The molecule has 1 heterocycles. The molecule has 0 aromatic rings. The van der Waals surface area contributed by atoms with E-state index in [0.717, 1.165) is 13.1 Å². The maximum atomic E-state index is 12.3. The fourth-order valence-electron chi connectivity index (χ4n) is 2.61. The molecule has 1 rings (SSSR count). The van der Waals surface area contributed by atoms with Crippen LogP contribution < -0.4 is 10.6 Å². The van der Waals surface area contributed by atoms with Crippen LogP contribution in [-0.4, -0.2) is 47.6 Å². The zero-order valence-electron chi connectivity index (χ0n) is 13.4. The second kappa shape index (κ2) is 6.71. The number of nitrogens with one attached hydrogen (secondary N) is 2. The molecule has 1 fully saturated rings. The normalized spacial score (nSPS) is 22.0. The first-order valence-electron chi connectivity index (χ1n) is 7.52. The summed E-state index contributed by atoms with van der Waals surface area (Å²) in [5.74, 6) is 0.124. The Hall–Kier alpha value is -0.610. The summed E-state index contributed by atoms with van der Waals surface area (Å²) in [7, 11) is 0. The average Bonchev–Trinajstić information content (AvgIpc) is 2.74. The molecular weight excluding hydrogens is 238 g/mol. The standard InChI is InChI=1S/C15H31N3O/c1-11(2)18(10-13-8-7-9-16-13)12(3)14(19)17-15(4,5)6/h11-13,16H,7-10H2,1-6H3,(H,17,19). The van der Waals surface area contributed by atoms with Crippen molar-refractivity contribution in [3.63, 3.8) is 0 Å². The van der Waals surface area contributed by atoms with E-state index in [9.17, 15) is 4.79 Å². The molecule has 0 aliphatic carbocycles. The predicted molar refractivity (Wildman–Crippen MR) is 80.2 cm³/mol. The van der Waals surface area contributed by atoms with Crippen LogP contribution in [0.1, 0.15) is 54.4 Å². The van der Waals surface area contributed by atoms with Crippen molar-refractivity contribution >= 4 is 5.91 Å². The highest BCUT2D eigenvalue weighted by Crippen LogP contribution is 2.13. The first-order valence-corrected chi connectivity index (χ1v) is 7.52. The second-order valence-corrected chi connectivity index (χ2v) is 7.00. The van der Waals surface area contributed by atoms with Crippen molar-refractivity contribution in [2.75, 3.05) is 13.1 Å². The molecule has 0 aromatic heterocycles. The number of hydrogen-bond acceptors (Lipinski definition) is 3. The zero-order chi connectivity index (χ0) is 14.6. The van der Waals surface area contributed by atoms with E-state index < -0.39 is 0 Å². The number of amides is 1. The summed E-state index contributed by atoms with van der Waals surface area (Å²) in [5.41, 5.74) is -0.167. The van der Waals surface area contributed by atoms with Crippen LogP contribution in [-0.2, 0) is 4.79 Å². The van der Waals surface area contributed by atoms with Crippen molar-refractivity contribution < 1.29 is 4.79 Å². The molecule has 4 heteroatoms. The summed E-state index contributed by atoms with van der Waals surface area (Å²) in [6, 6.07) is 0.831. The van der Waals surface area contributed by atoms with Gasteiger partial charge in [0.05, 0.1) is 6.04 Å². The Morgan fingerprint density at radius 2 is 2.00 bits per heavy atom. The van der Waals surface area contributed by atoms with E-state index >= 15 is 0 Å². The molecule has 2 N–H and O–H groups in total. The van der Waals surface area contributed by atoms with Crippen molar-refractivity contribution in [1.29, 1.82) is 0 Å². The Morgan fingerprint density at radius 1 is 1.37 bits per heavy atom. The minimum absolute atomic E-state index is 0.0818. The molecule has 1 aliphatic heterocycles. The maximum absolute atomic E-state index is 12.3. The maximum Gasteiger partial charge on any atom is 0.237 e. The summed E-state index contributed by atoms with van der Waals surface area (Å²) in [6.45, 7) is 14.5. The third kappa shape index (κ3) is 5.49. The lowest BCUT2D eigenvalue weighted by Gasteiger charge is -2.35. The van der Waals surface area contributed by atoms with Gasteiger partial charge in [-0.3, -0.25) is 9.69 Å². The van der Waals surface area contributed by atoms with Crippen LogP contribution in [0.5, 0.6) is 0 Å². The van der Waals surface area contributed by atoms with E-state index in [1.54, 1.807) is 0 Å². The fourth-order valence-corrected chi connectivity index (χ4v) is 2.61. The van der Waals surface area contributed by atoms with Gasteiger partial charge in [-0.05, 0) is 60.9 Å². The van der Waals surface area contributed by atoms with Crippen LogP contribution in [0, 0.1) is 0 Å². The van der Waals surface area contributed by atoms with Gasteiger partial charge in [-0.2, -0.15) is 0 Å². The highest BCUT2D eigenvalue weighted by Gasteiger charge is 2.28. The number of hydrogen-bond donors (Lipinski definition) is 2. The third-order valence-electron chi connectivity index (χ3n) is 3.63. The van der Waals surface area contributed by atoms with E-state index in [0.29, 0.717) is 12.1 Å². The molecule has 0 spiro atoms. The minimum atomic E-state index is -0.167. The number of nitrogens with zero attached hydrogens (tertiary/aromatic N) is 1. The molecule has 19 heavy (non-hydrogen) atoms. The van der Waals surface area contributed by atoms with Gasteiger partial charge in [0.25, 0.3) is 0 Å². The van der Waals surface area contributed by atoms with Crippen LogP contribution in [0.15, 0.2) is 0 Å². The van der Waals surface area contributed by atoms with Crippen LogP contribution >= 0.6 is 0 Å². The van der Waals surface area contributed by atoms with Gasteiger partial charge in [0.15, 0.2) is 0 Å². The van der Waals surface area contributed by atoms with E-state index in [2.05, 4.69) is 29.4 Å². The second-order valence-electron chi connectivity index (χ2n) is 7.00. The topological polar surface area (TPSA) is 44.4 Å². The Labute approximate surface area is 118 Å². The van der Waals surface area contributed by atoms with Crippen molar-refractivity contribution in [1.82, 2.24) is 15.5 Å². The highest BCUT2D eigenvalue weighted by molar-refractivity contribution is 5.82. The van der Waals surface area contributed by atoms with Crippen LogP contribution in [0.2, 0.25) is 0 Å². The monoisotopic (exact) mass is 269 g/mol. The average molecular weight is 269 g/mol. The van der Waals surface area contributed by atoms with E-state index in [4.69, 9.17) is 0 Å². The largest absolute Gasteiger partial charge is 0.350 e. The first-order chi connectivity index (χ1) is 8.70. The Kier molecular flexibility index (Phi) is 5.81. The number of carbonyl (C=O) groups is 1. The van der Waals surface area contributed by atoms with E-state index in [1.807, 2.05) is 27.7 Å².